The van der Waals surface area contributed by atoms with Gasteiger partial charge >= 0.3 is 0 Å². The van der Waals surface area contributed by atoms with Crippen LogP contribution in [-0.4, -0.2) is 52.8 Å². The number of fused-ring (bicyclic) bond motifs is 1. The van der Waals surface area contributed by atoms with Gasteiger partial charge in [-0.15, -0.1) is 0 Å². The molecule has 0 bridgehead atoms. The van der Waals surface area contributed by atoms with Crippen molar-refractivity contribution < 1.29 is 19.1 Å². The van der Waals surface area contributed by atoms with Gasteiger partial charge in [-0.2, -0.15) is 14.8 Å². The highest BCUT2D eigenvalue weighted by Crippen LogP contribution is 2.29. The van der Waals surface area contributed by atoms with Crippen molar-refractivity contribution in [3.05, 3.63) is 36.0 Å². The number of ether oxygens (including phenoxy) is 1. The third-order valence-electron chi connectivity index (χ3n) is 6.23. The molecular weight excluding hydrogens is 424 g/mol. The highest BCUT2D eigenvalue weighted by Gasteiger charge is 2.36. The van der Waals surface area contributed by atoms with Crippen molar-refractivity contribution in [2.45, 2.75) is 32.6 Å². The summed E-state index contributed by atoms with van der Waals surface area (Å²) in [6, 6.07) is 8.84. The Labute approximate surface area is 190 Å². The number of aryl methyl sites for hydroxylation is 1. The molecule has 2 atom stereocenters. The zero-order chi connectivity index (χ0) is 23.1. The Bertz CT molecular complexity index is 1200. The van der Waals surface area contributed by atoms with Crippen LogP contribution >= 0.6 is 0 Å². The van der Waals surface area contributed by atoms with Crippen molar-refractivity contribution in [3.8, 4) is 5.75 Å². The first-order valence-corrected chi connectivity index (χ1v) is 11.0. The molecule has 10 heteroatoms. The fourth-order valence-corrected chi connectivity index (χ4v) is 4.52. The Kier molecular flexibility index (Phi) is 5.27. The molecule has 5 rings (SSSR count). The van der Waals surface area contributed by atoms with Crippen LogP contribution in [0.3, 0.4) is 0 Å². The maximum absolute atomic E-state index is 13.0. The van der Waals surface area contributed by atoms with Gasteiger partial charge in [0.15, 0.2) is 0 Å². The lowest BCUT2D eigenvalue weighted by Crippen LogP contribution is -2.31. The zero-order valence-electron chi connectivity index (χ0n) is 18.4. The van der Waals surface area contributed by atoms with Crippen molar-refractivity contribution >= 4 is 40.9 Å². The number of aliphatic imine (C=N–C) groups is 2. The first kappa shape index (κ1) is 21.0. The minimum absolute atomic E-state index is 0.106. The molecule has 1 aromatic carbocycles. The van der Waals surface area contributed by atoms with Crippen molar-refractivity contribution in [1.82, 2.24) is 9.78 Å². The van der Waals surface area contributed by atoms with Crippen LogP contribution in [0.5, 0.6) is 5.75 Å². The number of methoxy groups -OCH3 is 1. The van der Waals surface area contributed by atoms with Crippen molar-refractivity contribution in [2.24, 2.45) is 21.8 Å². The summed E-state index contributed by atoms with van der Waals surface area (Å²) in [5.41, 5.74) is 2.19. The van der Waals surface area contributed by atoms with Gasteiger partial charge < -0.3 is 15.0 Å². The molecule has 2 aromatic rings. The van der Waals surface area contributed by atoms with E-state index in [1.807, 2.05) is 0 Å². The van der Waals surface area contributed by atoms with Crippen molar-refractivity contribution in [1.29, 1.82) is 0 Å². The lowest BCUT2D eigenvalue weighted by Gasteiger charge is -2.17. The van der Waals surface area contributed by atoms with E-state index in [0.29, 0.717) is 22.9 Å². The lowest BCUT2D eigenvalue weighted by atomic mass is 10.1. The van der Waals surface area contributed by atoms with Crippen LogP contribution in [0, 0.1) is 18.8 Å². The van der Waals surface area contributed by atoms with E-state index in [4.69, 9.17) is 4.74 Å². The van der Waals surface area contributed by atoms with E-state index < -0.39 is 5.92 Å². The van der Waals surface area contributed by atoms with E-state index in [0.717, 1.165) is 25.0 Å². The molecule has 1 saturated carbocycles. The highest BCUT2D eigenvalue weighted by molar-refractivity contribution is 6.17. The summed E-state index contributed by atoms with van der Waals surface area (Å²) in [5, 5.41) is 7.24. The van der Waals surface area contributed by atoms with Crippen LogP contribution in [0.25, 0.3) is 0 Å². The number of hydrogen-bond acceptors (Lipinski definition) is 6. The summed E-state index contributed by atoms with van der Waals surface area (Å²) < 4.78 is 6.56. The second-order valence-electron chi connectivity index (χ2n) is 8.47. The van der Waals surface area contributed by atoms with Gasteiger partial charge in [-0.3, -0.25) is 14.4 Å². The monoisotopic (exact) mass is 448 g/mol. The fraction of sp³-hybridized carbons (Fsp3) is 0.391. The number of aromatic nitrogens is 2. The number of carbonyl (C=O) groups is 3. The molecule has 170 valence electrons. The van der Waals surface area contributed by atoms with Crippen molar-refractivity contribution in [2.75, 3.05) is 23.9 Å². The highest BCUT2D eigenvalue weighted by atomic mass is 16.5. The van der Waals surface area contributed by atoms with Crippen LogP contribution in [0.15, 0.2) is 40.3 Å². The van der Waals surface area contributed by atoms with Crippen molar-refractivity contribution in [3.63, 3.8) is 0 Å². The van der Waals surface area contributed by atoms with Crippen LogP contribution in [-0.2, 0) is 14.4 Å². The maximum atomic E-state index is 13.0. The van der Waals surface area contributed by atoms with Gasteiger partial charge in [-0.05, 0) is 50.5 Å². The van der Waals surface area contributed by atoms with Gasteiger partial charge in [0.1, 0.15) is 11.6 Å². The van der Waals surface area contributed by atoms with E-state index in [9.17, 15) is 14.4 Å². The smallest absolute Gasteiger partial charge is 0.257 e. The third-order valence-corrected chi connectivity index (χ3v) is 6.23. The largest absolute Gasteiger partial charge is 0.497 e. The molecule has 1 aromatic heterocycles. The normalized spacial score (nSPS) is 22.2. The fourth-order valence-electron chi connectivity index (χ4n) is 4.52. The molecule has 2 unspecified atom stereocenters. The summed E-state index contributed by atoms with van der Waals surface area (Å²) in [5.74, 6) is -0.144. The Morgan fingerprint density at radius 2 is 1.97 bits per heavy atom. The Hall–Kier alpha value is -3.82. The first-order chi connectivity index (χ1) is 15.9. The van der Waals surface area contributed by atoms with Gasteiger partial charge in [0, 0.05) is 30.4 Å². The predicted molar refractivity (Wildman–Crippen MR) is 122 cm³/mol. The zero-order valence-corrected chi connectivity index (χ0v) is 18.4. The second-order valence-corrected chi connectivity index (χ2v) is 8.47. The predicted octanol–water partition coefficient (Wildman–Crippen LogP) is 2.18. The number of nitrogens with zero attached hydrogens (tertiary/aromatic N) is 5. The number of anilines is 2. The summed E-state index contributed by atoms with van der Waals surface area (Å²) in [4.78, 5) is 48.3. The molecule has 2 fully saturated rings. The molecule has 3 amide bonds. The standard InChI is InChI=1S/C23H24N6O4/c1-13-10-19(29(27-13)23-24-18-5-3-4-17(18)22(32)26-23)25-21(31)14-11-20(30)28(12-14)15-6-8-16(33-2)9-7-15/h6-10,14,17H,3-5,11-12H2,1-2H3,(H,25,31). The third kappa shape index (κ3) is 3.92. The molecule has 1 saturated heterocycles. The van der Waals surface area contributed by atoms with Crippen LogP contribution in [0.1, 0.15) is 31.4 Å². The van der Waals surface area contributed by atoms with Crippen LogP contribution < -0.4 is 15.0 Å². The molecule has 1 aliphatic carbocycles. The van der Waals surface area contributed by atoms with Gasteiger partial charge in [-0.25, -0.2) is 4.99 Å². The number of amides is 3. The summed E-state index contributed by atoms with van der Waals surface area (Å²) in [6.07, 6.45) is 2.56. The van der Waals surface area contributed by atoms with Gasteiger partial charge in [-0.1, -0.05) is 0 Å². The Balaban J connectivity index is 1.33. The van der Waals surface area contributed by atoms with E-state index >= 15 is 0 Å². The second kappa shape index (κ2) is 8.27. The average molecular weight is 448 g/mol. The van der Waals surface area contributed by atoms with Crippen LogP contribution in [0.2, 0.25) is 0 Å². The SMILES string of the molecule is COc1ccc(N2CC(C(=O)Nc3cc(C)nn3C3=NC(=O)C4CCCC4=N3)CC2=O)cc1. The van der Waals surface area contributed by atoms with E-state index in [2.05, 4.69) is 20.4 Å². The Morgan fingerprint density at radius 3 is 2.73 bits per heavy atom. The van der Waals surface area contributed by atoms with Gasteiger partial charge in [0.25, 0.3) is 11.9 Å². The number of benzene rings is 1. The molecule has 3 aliphatic rings. The van der Waals surface area contributed by atoms with Crippen LogP contribution in [0.4, 0.5) is 11.5 Å². The lowest BCUT2D eigenvalue weighted by molar-refractivity contribution is -0.122. The topological polar surface area (TPSA) is 118 Å². The quantitative estimate of drug-likeness (QED) is 0.769. The summed E-state index contributed by atoms with van der Waals surface area (Å²) >= 11 is 0. The number of carbonyl (C=O) groups excluding carboxylic acids is 3. The molecule has 1 N–H and O–H groups in total. The summed E-state index contributed by atoms with van der Waals surface area (Å²) in [6.45, 7) is 2.06. The minimum Gasteiger partial charge on any atom is -0.497 e. The average Bonchev–Trinajstić information content (AvgIpc) is 3.52. The molecular formula is C23H24N6O4. The van der Waals surface area contributed by atoms with Gasteiger partial charge in [0.2, 0.25) is 11.8 Å². The molecule has 0 radical (unpaired) electrons. The molecule has 10 nitrogen and oxygen atoms in total. The number of hydrogen-bond donors (Lipinski definition) is 1. The summed E-state index contributed by atoms with van der Waals surface area (Å²) in [7, 11) is 1.58. The Morgan fingerprint density at radius 1 is 1.18 bits per heavy atom. The first-order valence-electron chi connectivity index (χ1n) is 11.0. The number of nitrogens with one attached hydrogen (secondary N) is 1. The molecule has 3 heterocycles. The van der Waals surface area contributed by atoms with E-state index in [-0.39, 0.29) is 42.6 Å². The van der Waals surface area contributed by atoms with E-state index in [1.165, 1.54) is 4.68 Å². The van der Waals surface area contributed by atoms with Gasteiger partial charge in [0.05, 0.1) is 24.6 Å². The molecule has 0 spiro atoms. The van der Waals surface area contributed by atoms with E-state index in [1.54, 1.807) is 49.3 Å². The molecule has 2 aliphatic heterocycles. The maximum Gasteiger partial charge on any atom is 0.257 e. The number of rotatable bonds is 4. The minimum atomic E-state index is -0.524. The molecule has 33 heavy (non-hydrogen) atoms.